The van der Waals surface area contributed by atoms with Crippen LogP contribution in [0.2, 0.25) is 0 Å². The fraction of sp³-hybridized carbons (Fsp3) is 0.867. The van der Waals surface area contributed by atoms with Crippen LogP contribution in [0.25, 0.3) is 0 Å². The number of piperazine rings is 1. The van der Waals surface area contributed by atoms with Gasteiger partial charge in [0.1, 0.15) is 0 Å². The van der Waals surface area contributed by atoms with Gasteiger partial charge < -0.3 is 15.8 Å². The van der Waals surface area contributed by atoms with E-state index in [-0.39, 0.29) is 5.84 Å². The Morgan fingerprint density at radius 3 is 2.52 bits per heavy atom. The van der Waals surface area contributed by atoms with Gasteiger partial charge in [0.15, 0.2) is 5.84 Å². The van der Waals surface area contributed by atoms with Gasteiger partial charge in [-0.15, -0.1) is 0 Å². The second kappa shape index (κ2) is 6.22. The minimum absolute atomic E-state index is 0.233. The number of nitrogens with two attached hydrogens (primary N) is 1. The summed E-state index contributed by atoms with van der Waals surface area (Å²) in [6, 6.07) is 0. The standard InChI is InChI=1S/C15H26N4O2/c16-14(17-21)10-18-3-5-19(6-4-18)15(20)9-13-8-11-1-2-12(13)7-11/h11-13,21H,1-10H2,(H2,16,17). The van der Waals surface area contributed by atoms with Gasteiger partial charge in [-0.05, 0) is 37.0 Å². The van der Waals surface area contributed by atoms with Crippen molar-refractivity contribution in [2.75, 3.05) is 32.7 Å². The molecule has 3 atom stereocenters. The highest BCUT2D eigenvalue weighted by Gasteiger charge is 2.40. The van der Waals surface area contributed by atoms with Gasteiger partial charge in [-0.1, -0.05) is 11.6 Å². The summed E-state index contributed by atoms with van der Waals surface area (Å²) in [5.41, 5.74) is 5.52. The van der Waals surface area contributed by atoms with Crippen molar-refractivity contribution >= 4 is 11.7 Å². The topological polar surface area (TPSA) is 82.2 Å². The summed E-state index contributed by atoms with van der Waals surface area (Å²) < 4.78 is 0. The van der Waals surface area contributed by atoms with Crippen molar-refractivity contribution in [1.82, 2.24) is 9.80 Å². The summed E-state index contributed by atoms with van der Waals surface area (Å²) in [4.78, 5) is 16.6. The maximum absolute atomic E-state index is 12.4. The smallest absolute Gasteiger partial charge is 0.222 e. The number of amides is 1. The quantitative estimate of drug-likeness (QED) is 0.346. The molecular formula is C15H26N4O2. The molecule has 6 nitrogen and oxygen atoms in total. The largest absolute Gasteiger partial charge is 0.409 e. The highest BCUT2D eigenvalue weighted by Crippen LogP contribution is 2.49. The Hall–Kier alpha value is -1.30. The van der Waals surface area contributed by atoms with Crippen molar-refractivity contribution in [3.05, 3.63) is 0 Å². The van der Waals surface area contributed by atoms with Crippen LogP contribution >= 0.6 is 0 Å². The number of hydrogen-bond donors (Lipinski definition) is 2. The Balaban J connectivity index is 1.43. The predicted octanol–water partition coefficient (Wildman–Crippen LogP) is 0.703. The molecule has 3 unspecified atom stereocenters. The van der Waals surface area contributed by atoms with Crippen molar-refractivity contribution in [3.63, 3.8) is 0 Å². The first-order chi connectivity index (χ1) is 10.2. The number of hydrogen-bond acceptors (Lipinski definition) is 4. The summed E-state index contributed by atoms with van der Waals surface area (Å²) in [5, 5.41) is 11.6. The van der Waals surface area contributed by atoms with E-state index in [1.807, 2.05) is 4.90 Å². The maximum Gasteiger partial charge on any atom is 0.222 e. The van der Waals surface area contributed by atoms with Gasteiger partial charge in [-0.25, -0.2) is 0 Å². The molecule has 0 aromatic carbocycles. The zero-order chi connectivity index (χ0) is 14.8. The minimum Gasteiger partial charge on any atom is -0.409 e. The highest BCUT2D eigenvalue weighted by atomic mass is 16.4. The summed E-state index contributed by atoms with van der Waals surface area (Å²) in [7, 11) is 0. The predicted molar refractivity (Wildman–Crippen MR) is 80.0 cm³/mol. The second-order valence-electron chi connectivity index (χ2n) is 6.89. The molecule has 3 rings (SSSR count). The monoisotopic (exact) mass is 294 g/mol. The highest BCUT2D eigenvalue weighted by molar-refractivity contribution is 5.81. The number of carbonyl (C=O) groups is 1. The van der Waals surface area contributed by atoms with E-state index in [0.717, 1.165) is 44.4 Å². The average molecular weight is 294 g/mol. The van der Waals surface area contributed by atoms with E-state index < -0.39 is 0 Å². The molecular weight excluding hydrogens is 268 g/mol. The molecule has 1 aliphatic heterocycles. The van der Waals surface area contributed by atoms with Crippen LogP contribution in [0.1, 0.15) is 32.1 Å². The molecule has 0 aromatic rings. The van der Waals surface area contributed by atoms with Gasteiger partial charge in [0, 0.05) is 32.6 Å². The van der Waals surface area contributed by atoms with E-state index in [1.54, 1.807) is 0 Å². The zero-order valence-electron chi connectivity index (χ0n) is 12.6. The van der Waals surface area contributed by atoms with Crippen LogP contribution in [0.5, 0.6) is 0 Å². The lowest BCUT2D eigenvalue weighted by Crippen LogP contribution is -2.51. The Kier molecular flexibility index (Phi) is 4.33. The molecule has 2 aliphatic carbocycles. The molecule has 6 heteroatoms. The van der Waals surface area contributed by atoms with Crippen molar-refractivity contribution in [2.45, 2.75) is 32.1 Å². The van der Waals surface area contributed by atoms with Crippen molar-refractivity contribution in [2.24, 2.45) is 28.6 Å². The number of carbonyl (C=O) groups excluding carboxylic acids is 1. The van der Waals surface area contributed by atoms with Crippen LogP contribution in [0.15, 0.2) is 5.16 Å². The molecule has 21 heavy (non-hydrogen) atoms. The van der Waals surface area contributed by atoms with Crippen LogP contribution in [0.4, 0.5) is 0 Å². The zero-order valence-corrected chi connectivity index (χ0v) is 12.6. The van der Waals surface area contributed by atoms with Crippen LogP contribution in [0.3, 0.4) is 0 Å². The van der Waals surface area contributed by atoms with Gasteiger partial charge in [0.25, 0.3) is 0 Å². The van der Waals surface area contributed by atoms with Crippen LogP contribution < -0.4 is 5.73 Å². The molecule has 0 spiro atoms. The van der Waals surface area contributed by atoms with Gasteiger partial charge in [-0.3, -0.25) is 9.69 Å². The minimum atomic E-state index is 0.233. The molecule has 0 radical (unpaired) electrons. The molecule has 0 aromatic heterocycles. The van der Waals surface area contributed by atoms with Gasteiger partial charge in [0.2, 0.25) is 5.91 Å². The third-order valence-electron chi connectivity index (χ3n) is 5.56. The molecule has 3 fully saturated rings. The van der Waals surface area contributed by atoms with Crippen LogP contribution in [-0.4, -0.2) is 59.5 Å². The summed E-state index contributed by atoms with van der Waals surface area (Å²) in [5.74, 6) is 2.94. The third kappa shape index (κ3) is 3.31. The van der Waals surface area contributed by atoms with E-state index in [4.69, 9.17) is 10.9 Å². The fourth-order valence-electron chi connectivity index (χ4n) is 4.40. The third-order valence-corrected chi connectivity index (χ3v) is 5.56. The maximum atomic E-state index is 12.4. The molecule has 3 aliphatic rings. The van der Waals surface area contributed by atoms with E-state index in [9.17, 15) is 4.79 Å². The lowest BCUT2D eigenvalue weighted by atomic mass is 9.86. The lowest BCUT2D eigenvalue weighted by Gasteiger charge is -2.35. The fourth-order valence-corrected chi connectivity index (χ4v) is 4.40. The lowest BCUT2D eigenvalue weighted by molar-refractivity contribution is -0.134. The number of fused-ring (bicyclic) bond motifs is 2. The Bertz CT molecular complexity index is 418. The van der Waals surface area contributed by atoms with Gasteiger partial charge in [0.05, 0.1) is 6.54 Å². The molecule has 1 saturated heterocycles. The van der Waals surface area contributed by atoms with E-state index in [2.05, 4.69) is 10.1 Å². The number of nitrogens with zero attached hydrogens (tertiary/aromatic N) is 3. The van der Waals surface area contributed by atoms with Gasteiger partial charge >= 0.3 is 0 Å². The first-order valence-corrected chi connectivity index (χ1v) is 8.12. The Morgan fingerprint density at radius 2 is 1.95 bits per heavy atom. The summed E-state index contributed by atoms with van der Waals surface area (Å²) >= 11 is 0. The van der Waals surface area contributed by atoms with Gasteiger partial charge in [-0.2, -0.15) is 0 Å². The molecule has 3 N–H and O–H groups in total. The van der Waals surface area contributed by atoms with E-state index in [1.165, 1.54) is 25.7 Å². The Labute approximate surface area is 125 Å². The molecule has 2 bridgehead atoms. The van der Waals surface area contributed by atoms with Crippen molar-refractivity contribution < 1.29 is 10.0 Å². The number of amidine groups is 1. The van der Waals surface area contributed by atoms with Crippen molar-refractivity contribution in [3.8, 4) is 0 Å². The SMILES string of the molecule is NC(CN1CCN(C(=O)CC2CC3CCC2C3)CC1)=NO. The second-order valence-corrected chi connectivity index (χ2v) is 6.89. The molecule has 118 valence electrons. The van der Waals surface area contributed by atoms with Crippen LogP contribution in [-0.2, 0) is 4.79 Å². The average Bonchev–Trinajstić information content (AvgIpc) is 3.10. The number of rotatable bonds is 4. The normalized spacial score (nSPS) is 33.6. The molecule has 2 saturated carbocycles. The molecule has 1 amide bonds. The first-order valence-electron chi connectivity index (χ1n) is 8.12. The molecule has 1 heterocycles. The number of oxime groups is 1. The van der Waals surface area contributed by atoms with Crippen molar-refractivity contribution in [1.29, 1.82) is 0 Å². The summed E-state index contributed by atoms with van der Waals surface area (Å²) in [6.07, 6.45) is 6.13. The van der Waals surface area contributed by atoms with E-state index >= 15 is 0 Å². The van der Waals surface area contributed by atoms with E-state index in [0.29, 0.717) is 18.4 Å². The Morgan fingerprint density at radius 1 is 1.19 bits per heavy atom. The van der Waals surface area contributed by atoms with Crippen LogP contribution in [0, 0.1) is 17.8 Å². The first kappa shape index (κ1) is 14.6. The summed E-state index contributed by atoms with van der Waals surface area (Å²) in [6.45, 7) is 3.61.